The van der Waals surface area contributed by atoms with Crippen LogP contribution in [0.5, 0.6) is 11.5 Å². The third-order valence-electron chi connectivity index (χ3n) is 3.18. The first-order chi connectivity index (χ1) is 8.93. The van der Waals surface area contributed by atoms with Crippen molar-refractivity contribution in [3.63, 3.8) is 0 Å². The predicted molar refractivity (Wildman–Crippen MR) is 75.1 cm³/mol. The molecule has 0 aliphatic heterocycles. The molecule has 1 atom stereocenters. The van der Waals surface area contributed by atoms with Gasteiger partial charge in [-0.05, 0) is 42.9 Å². The molecule has 1 aromatic rings. The van der Waals surface area contributed by atoms with Crippen molar-refractivity contribution in [2.45, 2.75) is 33.1 Å². The van der Waals surface area contributed by atoms with Gasteiger partial charge in [-0.2, -0.15) is 0 Å². The van der Waals surface area contributed by atoms with Gasteiger partial charge in [0.1, 0.15) is 0 Å². The summed E-state index contributed by atoms with van der Waals surface area (Å²) in [6, 6.07) is 5.30. The number of carbonyl (C=O) groups excluding carboxylic acids is 1. The van der Waals surface area contributed by atoms with Crippen molar-refractivity contribution < 1.29 is 14.6 Å². The van der Waals surface area contributed by atoms with Crippen molar-refractivity contribution in [3.8, 4) is 11.5 Å². The number of aromatic hydroxyl groups is 1. The SMILES string of the molecule is COc1ccc(CCC(CC(C)C)C(N)=O)cc1O. The first-order valence-corrected chi connectivity index (χ1v) is 6.59. The lowest BCUT2D eigenvalue weighted by Crippen LogP contribution is -2.25. The smallest absolute Gasteiger partial charge is 0.220 e. The van der Waals surface area contributed by atoms with Crippen LogP contribution in [0.25, 0.3) is 0 Å². The first-order valence-electron chi connectivity index (χ1n) is 6.59. The molecule has 0 heterocycles. The first kappa shape index (κ1) is 15.3. The number of phenols is 1. The number of primary amides is 1. The molecule has 0 saturated heterocycles. The molecule has 4 nitrogen and oxygen atoms in total. The zero-order valence-corrected chi connectivity index (χ0v) is 11.8. The van der Waals surface area contributed by atoms with E-state index in [4.69, 9.17) is 10.5 Å². The molecule has 0 fully saturated rings. The second kappa shape index (κ2) is 7.02. The molecular weight excluding hydrogens is 242 g/mol. The van der Waals surface area contributed by atoms with E-state index in [0.29, 0.717) is 18.1 Å². The van der Waals surface area contributed by atoms with Gasteiger partial charge >= 0.3 is 0 Å². The van der Waals surface area contributed by atoms with E-state index in [1.807, 2.05) is 6.07 Å². The van der Waals surface area contributed by atoms with Gasteiger partial charge in [-0.15, -0.1) is 0 Å². The summed E-state index contributed by atoms with van der Waals surface area (Å²) < 4.78 is 4.99. The highest BCUT2D eigenvalue weighted by molar-refractivity contribution is 5.76. The number of aryl methyl sites for hydroxylation is 1. The molecule has 0 spiro atoms. The molecule has 4 heteroatoms. The summed E-state index contributed by atoms with van der Waals surface area (Å²) in [4.78, 5) is 11.4. The molecule has 3 N–H and O–H groups in total. The molecule has 1 unspecified atom stereocenters. The van der Waals surface area contributed by atoms with Crippen LogP contribution in [0.3, 0.4) is 0 Å². The quantitative estimate of drug-likeness (QED) is 0.795. The van der Waals surface area contributed by atoms with Crippen LogP contribution in [0.15, 0.2) is 18.2 Å². The number of hydrogen-bond donors (Lipinski definition) is 2. The molecule has 19 heavy (non-hydrogen) atoms. The summed E-state index contributed by atoms with van der Waals surface area (Å²) in [5, 5.41) is 9.69. The van der Waals surface area contributed by atoms with Crippen molar-refractivity contribution in [2.24, 2.45) is 17.6 Å². The van der Waals surface area contributed by atoms with Gasteiger partial charge in [0, 0.05) is 5.92 Å². The average Bonchev–Trinajstić information content (AvgIpc) is 2.34. The highest BCUT2D eigenvalue weighted by atomic mass is 16.5. The number of rotatable bonds is 7. The molecule has 1 rings (SSSR count). The second-order valence-corrected chi connectivity index (χ2v) is 5.27. The van der Waals surface area contributed by atoms with Crippen LogP contribution in [0.4, 0.5) is 0 Å². The van der Waals surface area contributed by atoms with Gasteiger partial charge in [0.25, 0.3) is 0 Å². The van der Waals surface area contributed by atoms with E-state index in [-0.39, 0.29) is 17.6 Å². The third kappa shape index (κ3) is 4.81. The summed E-state index contributed by atoms with van der Waals surface area (Å²) in [6.07, 6.45) is 2.23. The van der Waals surface area contributed by atoms with E-state index in [1.165, 1.54) is 7.11 Å². The lowest BCUT2D eigenvalue weighted by Gasteiger charge is -2.15. The van der Waals surface area contributed by atoms with Gasteiger partial charge in [-0.25, -0.2) is 0 Å². The summed E-state index contributed by atoms with van der Waals surface area (Å²) in [6.45, 7) is 4.16. The fourth-order valence-electron chi connectivity index (χ4n) is 2.18. The summed E-state index contributed by atoms with van der Waals surface area (Å²) >= 11 is 0. The Labute approximate surface area is 114 Å². The number of ether oxygens (including phenoxy) is 1. The maximum Gasteiger partial charge on any atom is 0.220 e. The monoisotopic (exact) mass is 265 g/mol. The minimum absolute atomic E-state index is 0.107. The van der Waals surface area contributed by atoms with Gasteiger partial charge in [0.2, 0.25) is 5.91 Å². The van der Waals surface area contributed by atoms with E-state index in [1.54, 1.807) is 12.1 Å². The molecule has 0 aromatic heterocycles. The van der Waals surface area contributed by atoms with Crippen LogP contribution < -0.4 is 10.5 Å². The molecule has 0 bridgehead atoms. The molecule has 0 radical (unpaired) electrons. The minimum atomic E-state index is -0.244. The second-order valence-electron chi connectivity index (χ2n) is 5.27. The Morgan fingerprint density at radius 1 is 1.42 bits per heavy atom. The molecule has 1 amide bonds. The van der Waals surface area contributed by atoms with Gasteiger partial charge in [-0.1, -0.05) is 19.9 Å². The maximum absolute atomic E-state index is 11.4. The van der Waals surface area contributed by atoms with Gasteiger partial charge in [0.15, 0.2) is 11.5 Å². The van der Waals surface area contributed by atoms with E-state index >= 15 is 0 Å². The van der Waals surface area contributed by atoms with Gasteiger partial charge in [-0.3, -0.25) is 4.79 Å². The van der Waals surface area contributed by atoms with E-state index in [9.17, 15) is 9.90 Å². The Morgan fingerprint density at radius 3 is 2.58 bits per heavy atom. The Bertz CT molecular complexity index is 429. The van der Waals surface area contributed by atoms with Gasteiger partial charge < -0.3 is 15.6 Å². The highest BCUT2D eigenvalue weighted by Gasteiger charge is 2.17. The zero-order valence-electron chi connectivity index (χ0n) is 11.8. The van der Waals surface area contributed by atoms with E-state index in [0.717, 1.165) is 18.4 Å². The number of carbonyl (C=O) groups is 1. The normalized spacial score (nSPS) is 12.4. The van der Waals surface area contributed by atoms with Crippen molar-refractivity contribution >= 4 is 5.91 Å². The summed E-state index contributed by atoms with van der Waals surface area (Å²) in [5.74, 6) is 0.675. The van der Waals surface area contributed by atoms with Crippen LogP contribution in [0.1, 0.15) is 32.3 Å². The summed E-state index contributed by atoms with van der Waals surface area (Å²) in [5.41, 5.74) is 6.40. The van der Waals surface area contributed by atoms with Crippen LogP contribution in [-0.2, 0) is 11.2 Å². The van der Waals surface area contributed by atoms with Crippen LogP contribution >= 0.6 is 0 Å². The Balaban J connectivity index is 2.64. The molecular formula is C15H23NO3. The maximum atomic E-state index is 11.4. The van der Waals surface area contributed by atoms with E-state index in [2.05, 4.69) is 13.8 Å². The molecule has 1 aromatic carbocycles. The number of nitrogens with two attached hydrogens (primary N) is 1. The predicted octanol–water partition coefficient (Wildman–Crippen LogP) is 2.48. The van der Waals surface area contributed by atoms with Crippen molar-refractivity contribution in [2.75, 3.05) is 7.11 Å². The van der Waals surface area contributed by atoms with Crippen LogP contribution in [-0.4, -0.2) is 18.1 Å². The number of methoxy groups -OCH3 is 1. The number of hydrogen-bond acceptors (Lipinski definition) is 3. The Morgan fingerprint density at radius 2 is 2.11 bits per heavy atom. The zero-order chi connectivity index (χ0) is 14.4. The minimum Gasteiger partial charge on any atom is -0.504 e. The topological polar surface area (TPSA) is 72.5 Å². The lowest BCUT2D eigenvalue weighted by atomic mass is 9.91. The largest absolute Gasteiger partial charge is 0.504 e. The fourth-order valence-corrected chi connectivity index (χ4v) is 2.18. The van der Waals surface area contributed by atoms with Crippen LogP contribution in [0, 0.1) is 11.8 Å². The molecule has 106 valence electrons. The Kier molecular flexibility index (Phi) is 5.67. The van der Waals surface area contributed by atoms with E-state index < -0.39 is 0 Å². The third-order valence-corrected chi connectivity index (χ3v) is 3.18. The highest BCUT2D eigenvalue weighted by Crippen LogP contribution is 2.27. The number of benzene rings is 1. The fraction of sp³-hybridized carbons (Fsp3) is 0.533. The van der Waals surface area contributed by atoms with Gasteiger partial charge in [0.05, 0.1) is 7.11 Å². The Hall–Kier alpha value is -1.71. The van der Waals surface area contributed by atoms with Crippen LogP contribution in [0.2, 0.25) is 0 Å². The van der Waals surface area contributed by atoms with Crippen molar-refractivity contribution in [1.29, 1.82) is 0 Å². The molecule has 0 aliphatic carbocycles. The number of phenolic OH excluding ortho intramolecular Hbond substituents is 1. The van der Waals surface area contributed by atoms with Crippen molar-refractivity contribution in [1.82, 2.24) is 0 Å². The number of amides is 1. The standard InChI is InChI=1S/C15H23NO3/c1-10(2)8-12(15(16)18)6-4-11-5-7-14(19-3)13(17)9-11/h5,7,9-10,12,17H,4,6,8H2,1-3H3,(H2,16,18). The van der Waals surface area contributed by atoms with Crippen molar-refractivity contribution in [3.05, 3.63) is 23.8 Å². The molecule has 0 saturated carbocycles. The summed E-state index contributed by atoms with van der Waals surface area (Å²) in [7, 11) is 1.51. The lowest BCUT2D eigenvalue weighted by molar-refractivity contribution is -0.122. The average molecular weight is 265 g/mol. The molecule has 0 aliphatic rings.